The van der Waals surface area contributed by atoms with E-state index in [-0.39, 0.29) is 27.5 Å². The average molecular weight is 558 g/mol. The van der Waals surface area contributed by atoms with Crippen molar-refractivity contribution in [3.63, 3.8) is 0 Å². The summed E-state index contributed by atoms with van der Waals surface area (Å²) in [5.74, 6) is 0. The lowest BCUT2D eigenvalue weighted by Gasteiger charge is -2.18. The minimum Gasteiger partial charge on any atom is -0.456 e. The summed E-state index contributed by atoms with van der Waals surface area (Å²) in [5, 5.41) is 4.24. The first-order valence-corrected chi connectivity index (χ1v) is 13.9. The van der Waals surface area contributed by atoms with Crippen molar-refractivity contribution in [2.45, 2.75) is 0 Å². The van der Waals surface area contributed by atoms with Gasteiger partial charge in [0.25, 0.3) is 0 Å². The highest BCUT2D eigenvalue weighted by atomic mass is 16.3. The van der Waals surface area contributed by atoms with Gasteiger partial charge in [0.05, 0.1) is 15.1 Å². The quantitative estimate of drug-likeness (QED) is 0.197. The van der Waals surface area contributed by atoms with E-state index in [1.54, 1.807) is 0 Å². The number of fused-ring (bicyclic) bond motifs is 6. The molecule has 0 amide bonds. The van der Waals surface area contributed by atoms with Crippen molar-refractivity contribution in [3.05, 3.63) is 157 Å². The van der Waals surface area contributed by atoms with Crippen molar-refractivity contribution < 1.29 is 19.5 Å². The van der Waals surface area contributed by atoms with E-state index < -0.39 is 66.5 Å². The molecule has 43 heavy (non-hydrogen) atoms. The Morgan fingerprint density at radius 2 is 1.00 bits per heavy atom. The molecule has 8 aromatic carbocycles. The van der Waals surface area contributed by atoms with Gasteiger partial charge in [0.1, 0.15) is 11.2 Å². The van der Waals surface area contributed by atoms with E-state index in [1.165, 1.54) is 0 Å². The molecule has 0 aliphatic heterocycles. The first-order chi connectivity index (χ1) is 25.9. The van der Waals surface area contributed by atoms with Gasteiger partial charge >= 0.3 is 0 Å². The SMILES string of the molecule is [2H]c1c([2H])c(-c2c3ccccc3c(-c3ccc4oc5ccccc5c4c3)c3ccccc23)c([2H])c(-c2c([2H])c([2H])c([2H])c3c([2H])c([2H])c([2H])c([2H])c23)c1[2H]. The third-order valence-electron chi connectivity index (χ3n) is 8.03. The van der Waals surface area contributed by atoms with Crippen molar-refractivity contribution >= 4 is 54.3 Å². The molecule has 0 atom stereocenters. The lowest BCUT2D eigenvalue weighted by Crippen LogP contribution is -1.91. The topological polar surface area (TPSA) is 13.1 Å². The normalized spacial score (nSPS) is 15.3. The van der Waals surface area contributed by atoms with Crippen molar-refractivity contribution in [2.24, 2.45) is 0 Å². The van der Waals surface area contributed by atoms with E-state index in [9.17, 15) is 2.74 Å². The number of hydrogen-bond donors (Lipinski definition) is 0. The second-order valence-corrected chi connectivity index (χ2v) is 10.4. The Morgan fingerprint density at radius 3 is 1.77 bits per heavy atom. The highest BCUT2D eigenvalue weighted by Crippen LogP contribution is 2.45. The highest BCUT2D eigenvalue weighted by molar-refractivity contribution is 6.22. The summed E-state index contributed by atoms with van der Waals surface area (Å²) in [5.41, 5.74) is 3.12. The molecule has 0 saturated carbocycles. The number of benzene rings is 8. The van der Waals surface area contributed by atoms with Crippen molar-refractivity contribution in [2.75, 3.05) is 0 Å². The van der Waals surface area contributed by atoms with Crippen LogP contribution < -0.4 is 0 Å². The molecule has 1 heterocycles. The molecule has 0 radical (unpaired) electrons. The lowest BCUT2D eigenvalue weighted by molar-refractivity contribution is 0.669. The Labute approximate surface area is 264 Å². The van der Waals surface area contributed by atoms with Gasteiger partial charge in [-0.25, -0.2) is 0 Å². The summed E-state index contributed by atoms with van der Waals surface area (Å²) in [7, 11) is 0. The maximum atomic E-state index is 9.72. The van der Waals surface area contributed by atoms with E-state index in [4.69, 9.17) is 16.8 Å². The van der Waals surface area contributed by atoms with Crippen LogP contribution >= 0.6 is 0 Å². The number of furan rings is 1. The summed E-state index contributed by atoms with van der Waals surface area (Å²) < 4.78 is 103. The van der Waals surface area contributed by atoms with Gasteiger partial charge in [-0.05, 0) is 89.9 Å². The lowest BCUT2D eigenvalue weighted by atomic mass is 9.85. The molecule has 0 saturated heterocycles. The Bertz CT molecular complexity index is 3060. The molecular formula is C42H26O. The Hall–Kier alpha value is -5.66. The van der Waals surface area contributed by atoms with Gasteiger partial charge in [-0.15, -0.1) is 0 Å². The summed E-state index contributed by atoms with van der Waals surface area (Å²) >= 11 is 0. The smallest absolute Gasteiger partial charge is 0.135 e. The molecule has 0 aliphatic carbocycles. The predicted octanol–water partition coefficient (Wildman–Crippen LogP) is 12.0. The second-order valence-electron chi connectivity index (χ2n) is 10.4. The van der Waals surface area contributed by atoms with Crippen LogP contribution in [-0.4, -0.2) is 0 Å². The van der Waals surface area contributed by atoms with Crippen LogP contribution in [0.15, 0.2) is 162 Å². The maximum Gasteiger partial charge on any atom is 0.135 e. The van der Waals surface area contributed by atoms with Gasteiger partial charge in [0, 0.05) is 10.8 Å². The molecule has 0 bridgehead atoms. The monoisotopic (exact) mass is 557 g/mol. The minimum absolute atomic E-state index is 0.00361. The molecule has 9 aromatic rings. The number of hydrogen-bond acceptors (Lipinski definition) is 1. The second kappa shape index (κ2) is 9.44. The third kappa shape index (κ3) is 3.72. The Kier molecular flexibility index (Phi) is 3.41. The van der Waals surface area contributed by atoms with Gasteiger partial charge in [-0.1, -0.05) is 133 Å². The molecule has 0 spiro atoms. The number of para-hydroxylation sites is 1. The molecule has 9 rings (SSSR count). The van der Waals surface area contributed by atoms with Crippen LogP contribution in [0.25, 0.3) is 87.6 Å². The maximum absolute atomic E-state index is 9.72. The highest BCUT2D eigenvalue weighted by Gasteiger charge is 2.18. The molecular weight excluding hydrogens is 520 g/mol. The van der Waals surface area contributed by atoms with Crippen molar-refractivity contribution in [3.8, 4) is 33.4 Å². The molecule has 0 unspecified atom stereocenters. The van der Waals surface area contributed by atoms with Crippen LogP contribution in [0, 0.1) is 0 Å². The van der Waals surface area contributed by atoms with Crippen LogP contribution in [0.5, 0.6) is 0 Å². The summed E-state index contributed by atoms with van der Waals surface area (Å²) in [6, 6.07) is 22.8. The average Bonchev–Trinajstić information content (AvgIpc) is 3.56. The zero-order valence-electron chi connectivity index (χ0n) is 33.6. The van der Waals surface area contributed by atoms with E-state index >= 15 is 0 Å². The fraction of sp³-hybridized carbons (Fsp3) is 0. The van der Waals surface area contributed by atoms with Crippen molar-refractivity contribution in [1.29, 1.82) is 0 Å². The Morgan fingerprint density at radius 1 is 0.419 bits per heavy atom. The largest absolute Gasteiger partial charge is 0.456 e. The molecule has 1 nitrogen and oxygen atoms in total. The molecule has 200 valence electrons. The van der Waals surface area contributed by atoms with Crippen LogP contribution in [-0.2, 0) is 0 Å². The predicted molar refractivity (Wildman–Crippen MR) is 183 cm³/mol. The minimum atomic E-state index is -0.646. The van der Waals surface area contributed by atoms with Gasteiger partial charge in [0.15, 0.2) is 0 Å². The number of rotatable bonds is 3. The fourth-order valence-electron chi connectivity index (χ4n) is 6.18. The van der Waals surface area contributed by atoms with Gasteiger partial charge in [-0.3, -0.25) is 0 Å². The fourth-order valence-corrected chi connectivity index (χ4v) is 6.18. The van der Waals surface area contributed by atoms with Crippen LogP contribution in [0.3, 0.4) is 0 Å². The zero-order valence-corrected chi connectivity index (χ0v) is 22.6. The first-order valence-electron chi connectivity index (χ1n) is 19.4. The van der Waals surface area contributed by atoms with Crippen LogP contribution in [0.4, 0.5) is 0 Å². The Balaban J connectivity index is 1.42. The van der Waals surface area contributed by atoms with E-state index in [0.717, 1.165) is 43.8 Å². The van der Waals surface area contributed by atoms with Crippen LogP contribution in [0.2, 0.25) is 0 Å². The molecule has 1 aromatic heterocycles. The third-order valence-corrected chi connectivity index (χ3v) is 8.03. The summed E-state index contributed by atoms with van der Waals surface area (Å²) in [4.78, 5) is 0. The van der Waals surface area contributed by atoms with Gasteiger partial charge < -0.3 is 4.42 Å². The standard InChI is InChI=1S/C42H26O/c1-2-15-31-27(11-1)12-10-21-32(31)28-13-9-14-29(25-28)41-34-17-3-5-19-36(34)42(37-20-6-4-18-35(37)41)30-23-24-40-38(26-30)33-16-7-8-22-39(33)43-40/h1-26H/i1D,2D,9D,10D,11D,12D,13D,14D,15D,21D,25D. The summed E-state index contributed by atoms with van der Waals surface area (Å²) in [6.45, 7) is 0. The van der Waals surface area contributed by atoms with Gasteiger partial charge in [0.2, 0.25) is 0 Å². The van der Waals surface area contributed by atoms with E-state index in [0.29, 0.717) is 16.3 Å². The molecule has 0 aliphatic rings. The molecule has 1 heteroatoms. The van der Waals surface area contributed by atoms with Gasteiger partial charge in [-0.2, -0.15) is 0 Å². The molecule has 0 fully saturated rings. The van der Waals surface area contributed by atoms with Crippen molar-refractivity contribution in [1.82, 2.24) is 0 Å². The van der Waals surface area contributed by atoms with E-state index in [2.05, 4.69) is 6.07 Å². The zero-order chi connectivity index (χ0) is 37.9. The first kappa shape index (κ1) is 15.5. The van der Waals surface area contributed by atoms with Crippen LogP contribution in [0.1, 0.15) is 15.1 Å². The summed E-state index contributed by atoms with van der Waals surface area (Å²) in [6.07, 6.45) is 0. The molecule has 0 N–H and O–H groups in total. The van der Waals surface area contributed by atoms with E-state index in [1.807, 2.05) is 84.9 Å².